The highest BCUT2D eigenvalue weighted by atomic mass is 19.3. The number of piperidine rings is 1. The Bertz CT molecular complexity index is 562. The molecule has 2 saturated heterocycles. The molecule has 24 heavy (non-hydrogen) atoms. The molecule has 1 N–H and O–H groups in total. The van der Waals surface area contributed by atoms with Crippen LogP contribution in [0.15, 0.2) is 18.2 Å². The first-order chi connectivity index (χ1) is 11.5. The summed E-state index contributed by atoms with van der Waals surface area (Å²) in [5.74, 6) is 0.441. The number of rotatable bonds is 5. The smallest absolute Gasteiger partial charge is 0.387 e. The summed E-state index contributed by atoms with van der Waals surface area (Å²) in [4.78, 5) is 2.49. The van der Waals surface area contributed by atoms with E-state index < -0.39 is 6.61 Å². The monoisotopic (exact) mass is 340 g/mol. The van der Waals surface area contributed by atoms with E-state index in [1.165, 1.54) is 26.4 Å². The molecule has 0 saturated carbocycles. The lowest BCUT2D eigenvalue weighted by Gasteiger charge is -2.33. The predicted octanol–water partition coefficient (Wildman–Crippen LogP) is 3.26. The van der Waals surface area contributed by atoms with E-state index in [2.05, 4.69) is 21.9 Å². The molecule has 0 bridgehead atoms. The Morgan fingerprint density at radius 2 is 2.04 bits per heavy atom. The molecule has 2 fully saturated rings. The fourth-order valence-corrected chi connectivity index (χ4v) is 4.18. The Hall–Kier alpha value is -1.40. The second-order valence-electron chi connectivity index (χ2n) is 7.07. The number of ether oxygens (including phenoxy) is 2. The van der Waals surface area contributed by atoms with Crippen molar-refractivity contribution in [1.29, 1.82) is 0 Å². The van der Waals surface area contributed by atoms with Crippen molar-refractivity contribution in [2.75, 3.05) is 26.7 Å². The van der Waals surface area contributed by atoms with Gasteiger partial charge in [-0.1, -0.05) is 6.07 Å². The maximum absolute atomic E-state index is 12.4. The van der Waals surface area contributed by atoms with Crippen LogP contribution in [-0.4, -0.2) is 44.3 Å². The summed E-state index contributed by atoms with van der Waals surface area (Å²) in [6.45, 7) is 3.56. The SMILES string of the molecule is COc1cc(CN2CC3(CCNCC3)CC2C)ccc1OC(F)F. The van der Waals surface area contributed by atoms with E-state index >= 15 is 0 Å². The van der Waals surface area contributed by atoms with Crippen molar-refractivity contribution in [3.05, 3.63) is 23.8 Å². The number of likely N-dealkylation sites (tertiary alicyclic amines) is 1. The van der Waals surface area contributed by atoms with Crippen molar-refractivity contribution in [3.63, 3.8) is 0 Å². The normalized spacial score (nSPS) is 23.8. The summed E-state index contributed by atoms with van der Waals surface area (Å²) in [5.41, 5.74) is 1.50. The molecule has 2 aliphatic heterocycles. The molecule has 3 rings (SSSR count). The molecule has 134 valence electrons. The number of methoxy groups -OCH3 is 1. The lowest BCUT2D eigenvalue weighted by atomic mass is 9.77. The summed E-state index contributed by atoms with van der Waals surface area (Å²) < 4.78 is 34.6. The van der Waals surface area contributed by atoms with Gasteiger partial charge in [-0.2, -0.15) is 8.78 Å². The summed E-state index contributed by atoms with van der Waals surface area (Å²) in [5, 5.41) is 3.44. The average molecular weight is 340 g/mol. The molecule has 1 aromatic carbocycles. The minimum absolute atomic E-state index is 0.0838. The number of benzene rings is 1. The van der Waals surface area contributed by atoms with Gasteiger partial charge in [0, 0.05) is 19.1 Å². The zero-order chi connectivity index (χ0) is 17.2. The summed E-state index contributed by atoms with van der Waals surface area (Å²) >= 11 is 0. The molecule has 1 aromatic rings. The van der Waals surface area contributed by atoms with E-state index in [0.717, 1.165) is 31.7 Å². The van der Waals surface area contributed by atoms with Crippen molar-refractivity contribution in [2.45, 2.75) is 45.4 Å². The topological polar surface area (TPSA) is 33.7 Å². The van der Waals surface area contributed by atoms with Gasteiger partial charge >= 0.3 is 6.61 Å². The third-order valence-corrected chi connectivity index (χ3v) is 5.38. The van der Waals surface area contributed by atoms with Crippen LogP contribution >= 0.6 is 0 Å². The maximum atomic E-state index is 12.4. The van der Waals surface area contributed by atoms with E-state index in [4.69, 9.17) is 4.74 Å². The van der Waals surface area contributed by atoms with E-state index in [-0.39, 0.29) is 5.75 Å². The second-order valence-corrected chi connectivity index (χ2v) is 7.07. The third-order valence-electron chi connectivity index (χ3n) is 5.38. The number of hydrogen-bond donors (Lipinski definition) is 1. The van der Waals surface area contributed by atoms with Crippen molar-refractivity contribution >= 4 is 0 Å². The molecule has 2 aliphatic rings. The maximum Gasteiger partial charge on any atom is 0.387 e. The number of hydrogen-bond acceptors (Lipinski definition) is 4. The molecule has 0 aromatic heterocycles. The van der Waals surface area contributed by atoms with Crippen LogP contribution in [0.3, 0.4) is 0 Å². The molecular weight excluding hydrogens is 314 g/mol. The largest absolute Gasteiger partial charge is 0.493 e. The van der Waals surface area contributed by atoms with Gasteiger partial charge < -0.3 is 14.8 Å². The molecule has 2 heterocycles. The molecule has 1 spiro atoms. The molecule has 0 amide bonds. The minimum atomic E-state index is -2.84. The Kier molecular flexibility index (Phi) is 5.25. The molecule has 0 aliphatic carbocycles. The Morgan fingerprint density at radius 3 is 2.71 bits per heavy atom. The van der Waals surface area contributed by atoms with Crippen molar-refractivity contribution < 1.29 is 18.3 Å². The van der Waals surface area contributed by atoms with E-state index in [0.29, 0.717) is 17.2 Å². The fourth-order valence-electron chi connectivity index (χ4n) is 4.18. The molecule has 4 nitrogen and oxygen atoms in total. The van der Waals surface area contributed by atoms with Crippen LogP contribution < -0.4 is 14.8 Å². The second kappa shape index (κ2) is 7.23. The van der Waals surface area contributed by atoms with Gasteiger partial charge in [-0.05, 0) is 62.4 Å². The zero-order valence-corrected chi connectivity index (χ0v) is 14.4. The number of halogens is 2. The van der Waals surface area contributed by atoms with Crippen LogP contribution in [0.2, 0.25) is 0 Å². The lowest BCUT2D eigenvalue weighted by Crippen LogP contribution is -2.38. The highest BCUT2D eigenvalue weighted by Gasteiger charge is 2.42. The van der Waals surface area contributed by atoms with E-state index in [1.54, 1.807) is 12.1 Å². The summed E-state index contributed by atoms with van der Waals surface area (Å²) in [6.07, 6.45) is 3.70. The average Bonchev–Trinajstić information content (AvgIpc) is 2.84. The zero-order valence-electron chi connectivity index (χ0n) is 14.4. The first-order valence-corrected chi connectivity index (χ1v) is 8.58. The van der Waals surface area contributed by atoms with E-state index in [1.807, 2.05) is 6.07 Å². The quantitative estimate of drug-likeness (QED) is 0.892. The van der Waals surface area contributed by atoms with Crippen LogP contribution in [0.25, 0.3) is 0 Å². The number of nitrogens with one attached hydrogen (secondary N) is 1. The standard InChI is InChI=1S/C18H26F2N2O2/c1-13-10-18(5-7-21-8-6-18)12-22(13)11-14-3-4-15(24-17(19)20)16(9-14)23-2/h3-4,9,13,17,21H,5-8,10-12H2,1-2H3. The van der Waals surface area contributed by atoms with Gasteiger partial charge in [0.25, 0.3) is 0 Å². The number of alkyl halides is 2. The molecule has 1 atom stereocenters. The molecule has 1 unspecified atom stereocenters. The van der Waals surface area contributed by atoms with Crippen LogP contribution in [-0.2, 0) is 6.54 Å². The highest BCUT2D eigenvalue weighted by molar-refractivity contribution is 5.43. The Morgan fingerprint density at radius 1 is 1.29 bits per heavy atom. The molecule has 0 radical (unpaired) electrons. The number of nitrogens with zero attached hydrogens (tertiary/aromatic N) is 1. The van der Waals surface area contributed by atoms with Gasteiger partial charge in [0.1, 0.15) is 0 Å². The van der Waals surface area contributed by atoms with Crippen LogP contribution in [0.1, 0.15) is 31.7 Å². The van der Waals surface area contributed by atoms with Crippen LogP contribution in [0.4, 0.5) is 8.78 Å². The summed E-state index contributed by atoms with van der Waals surface area (Å²) in [7, 11) is 1.47. The third kappa shape index (κ3) is 3.81. The predicted molar refractivity (Wildman–Crippen MR) is 88.7 cm³/mol. The van der Waals surface area contributed by atoms with Gasteiger partial charge in [-0.25, -0.2) is 0 Å². The van der Waals surface area contributed by atoms with Crippen LogP contribution in [0, 0.1) is 5.41 Å². The van der Waals surface area contributed by atoms with Gasteiger partial charge in [0.05, 0.1) is 7.11 Å². The Labute approximate surface area is 142 Å². The lowest BCUT2D eigenvalue weighted by molar-refractivity contribution is -0.0512. The first kappa shape index (κ1) is 17.4. The minimum Gasteiger partial charge on any atom is -0.493 e. The van der Waals surface area contributed by atoms with Gasteiger partial charge in [0.15, 0.2) is 11.5 Å². The first-order valence-electron chi connectivity index (χ1n) is 8.58. The fraction of sp³-hybridized carbons (Fsp3) is 0.667. The van der Waals surface area contributed by atoms with Crippen molar-refractivity contribution in [2.24, 2.45) is 5.41 Å². The van der Waals surface area contributed by atoms with Gasteiger partial charge in [-0.15, -0.1) is 0 Å². The molecule has 6 heteroatoms. The van der Waals surface area contributed by atoms with Crippen molar-refractivity contribution in [3.8, 4) is 11.5 Å². The van der Waals surface area contributed by atoms with E-state index in [9.17, 15) is 8.78 Å². The Balaban J connectivity index is 1.69. The van der Waals surface area contributed by atoms with Gasteiger partial charge in [-0.3, -0.25) is 4.90 Å². The summed E-state index contributed by atoms with van der Waals surface area (Å²) in [6, 6.07) is 5.76. The molecular formula is C18H26F2N2O2. The highest BCUT2D eigenvalue weighted by Crippen LogP contribution is 2.42. The van der Waals surface area contributed by atoms with Crippen molar-refractivity contribution in [1.82, 2.24) is 10.2 Å². The van der Waals surface area contributed by atoms with Gasteiger partial charge in [0.2, 0.25) is 0 Å². The van der Waals surface area contributed by atoms with Crippen LogP contribution in [0.5, 0.6) is 11.5 Å².